The first-order valence-electron chi connectivity index (χ1n) is 3.34. The second-order valence-electron chi connectivity index (χ2n) is 2.41. The molecule has 2 aliphatic heterocycles. The predicted octanol–water partition coefficient (Wildman–Crippen LogP) is 0.732. The summed E-state index contributed by atoms with van der Waals surface area (Å²) in [5, 5.41) is 13.5. The smallest absolute Gasteiger partial charge is 0.188 e. The maximum absolute atomic E-state index is 3.93. The second-order valence-corrected chi connectivity index (χ2v) is 2.41. The molecule has 0 aromatic heterocycles. The molecule has 0 fully saturated rings. The molecule has 2 rings (SSSR count). The summed E-state index contributed by atoms with van der Waals surface area (Å²) >= 11 is 0. The van der Waals surface area contributed by atoms with Crippen molar-refractivity contribution in [3.8, 4) is 0 Å². The lowest BCUT2D eigenvalue weighted by Crippen LogP contribution is -2.37. The summed E-state index contributed by atoms with van der Waals surface area (Å²) in [5.41, 5.74) is 0. The minimum atomic E-state index is 0.845. The van der Waals surface area contributed by atoms with Gasteiger partial charge in [-0.2, -0.15) is 5.11 Å². The maximum Gasteiger partial charge on any atom is 0.188 e. The largest absolute Gasteiger partial charge is 0.295 e. The van der Waals surface area contributed by atoms with Gasteiger partial charge < -0.3 is 0 Å². The van der Waals surface area contributed by atoms with Crippen molar-refractivity contribution in [1.29, 1.82) is 0 Å². The lowest BCUT2D eigenvalue weighted by Gasteiger charge is -2.27. The Morgan fingerprint density at radius 1 is 1.36 bits per heavy atom. The molecule has 58 valence electrons. The molecule has 0 amide bonds. The van der Waals surface area contributed by atoms with Crippen molar-refractivity contribution >= 4 is 0 Å². The Kier molecular flexibility index (Phi) is 1.19. The fraction of sp³-hybridized carbons (Fsp3) is 0.333. The van der Waals surface area contributed by atoms with Gasteiger partial charge in [-0.3, -0.25) is 5.01 Å². The molecule has 0 radical (unpaired) electrons. The van der Waals surface area contributed by atoms with Crippen LogP contribution in [0.15, 0.2) is 34.6 Å². The summed E-state index contributed by atoms with van der Waals surface area (Å²) in [6, 6.07) is 0. The van der Waals surface area contributed by atoms with Crippen LogP contribution in [0.2, 0.25) is 0 Å². The van der Waals surface area contributed by atoms with Crippen molar-refractivity contribution < 1.29 is 0 Å². The number of hydrogen-bond acceptors (Lipinski definition) is 5. The molecule has 0 spiro atoms. The molecular formula is C6H9N5. The van der Waals surface area contributed by atoms with Gasteiger partial charge in [0.15, 0.2) is 5.82 Å². The quantitative estimate of drug-likeness (QED) is 0.512. The summed E-state index contributed by atoms with van der Waals surface area (Å²) in [5.74, 6) is 0.845. The zero-order valence-corrected chi connectivity index (χ0v) is 6.47. The Hall–Kier alpha value is -1.36. The monoisotopic (exact) mass is 151 g/mol. The summed E-state index contributed by atoms with van der Waals surface area (Å²) in [6.45, 7) is 0. The molecule has 2 aliphatic rings. The van der Waals surface area contributed by atoms with Gasteiger partial charge in [0.05, 0.1) is 12.4 Å². The highest BCUT2D eigenvalue weighted by Gasteiger charge is 2.23. The fourth-order valence-corrected chi connectivity index (χ4v) is 1.04. The minimum Gasteiger partial charge on any atom is -0.295 e. The van der Waals surface area contributed by atoms with E-state index in [-0.39, 0.29) is 0 Å². The van der Waals surface area contributed by atoms with Gasteiger partial charge in [0.1, 0.15) is 0 Å². The molecule has 0 aliphatic carbocycles. The molecule has 5 nitrogen and oxygen atoms in total. The van der Waals surface area contributed by atoms with Gasteiger partial charge in [-0.1, -0.05) is 0 Å². The fourth-order valence-electron chi connectivity index (χ4n) is 1.04. The van der Waals surface area contributed by atoms with Gasteiger partial charge >= 0.3 is 0 Å². The highest BCUT2D eigenvalue weighted by molar-refractivity contribution is 5.07. The molecule has 0 saturated heterocycles. The Bertz CT molecular complexity index is 254. The number of azo groups is 1. The van der Waals surface area contributed by atoms with Crippen LogP contribution >= 0.6 is 0 Å². The Labute approximate surface area is 64.8 Å². The van der Waals surface area contributed by atoms with E-state index in [0.29, 0.717) is 0 Å². The zero-order valence-electron chi connectivity index (χ0n) is 6.47. The number of fused-ring (bicyclic) bond motifs is 1. The third-order valence-electron chi connectivity index (χ3n) is 1.74. The second kappa shape index (κ2) is 2.06. The van der Waals surface area contributed by atoms with Crippen LogP contribution in [0.1, 0.15) is 0 Å². The summed E-state index contributed by atoms with van der Waals surface area (Å²) in [7, 11) is 3.91. The van der Waals surface area contributed by atoms with E-state index in [4.69, 9.17) is 0 Å². The van der Waals surface area contributed by atoms with Crippen LogP contribution in [0, 0.1) is 0 Å². The molecule has 5 heteroatoms. The lowest BCUT2D eigenvalue weighted by molar-refractivity contribution is -0.0453. The van der Waals surface area contributed by atoms with Gasteiger partial charge in [-0.15, -0.1) is 10.2 Å². The average molecular weight is 151 g/mol. The molecule has 0 saturated carbocycles. The third kappa shape index (κ3) is 0.813. The van der Waals surface area contributed by atoms with Crippen molar-refractivity contribution in [2.75, 3.05) is 14.1 Å². The topological polar surface area (TPSA) is 34.4 Å². The summed E-state index contributed by atoms with van der Waals surface area (Å²) < 4.78 is 0. The van der Waals surface area contributed by atoms with Crippen molar-refractivity contribution in [1.82, 2.24) is 15.1 Å². The minimum absolute atomic E-state index is 0.845. The first-order chi connectivity index (χ1) is 5.29. The highest BCUT2D eigenvalue weighted by Crippen LogP contribution is 2.22. The molecule has 11 heavy (non-hydrogen) atoms. The number of hydrazine groups is 2. The molecule has 0 aromatic rings. The molecule has 0 aromatic carbocycles. The zero-order chi connectivity index (χ0) is 7.84. The Morgan fingerprint density at radius 2 is 2.18 bits per heavy atom. The van der Waals surface area contributed by atoms with Crippen LogP contribution < -0.4 is 0 Å². The van der Waals surface area contributed by atoms with E-state index in [1.54, 1.807) is 6.20 Å². The molecule has 2 heterocycles. The van der Waals surface area contributed by atoms with E-state index in [9.17, 15) is 0 Å². The van der Waals surface area contributed by atoms with Crippen LogP contribution in [0.3, 0.4) is 0 Å². The molecule has 0 bridgehead atoms. The number of rotatable bonds is 0. The maximum atomic E-state index is 3.93. The molecule has 0 unspecified atom stereocenters. The van der Waals surface area contributed by atoms with E-state index in [2.05, 4.69) is 10.2 Å². The number of hydrogen-bond donors (Lipinski definition) is 0. The third-order valence-corrected chi connectivity index (χ3v) is 1.74. The van der Waals surface area contributed by atoms with Gasteiger partial charge in [0.2, 0.25) is 0 Å². The van der Waals surface area contributed by atoms with Crippen molar-refractivity contribution in [3.63, 3.8) is 0 Å². The van der Waals surface area contributed by atoms with Crippen LogP contribution in [-0.2, 0) is 0 Å². The first kappa shape index (κ1) is 6.36. The number of nitrogens with zero attached hydrogens (tertiary/aromatic N) is 5. The van der Waals surface area contributed by atoms with E-state index < -0.39 is 0 Å². The normalized spacial score (nSPS) is 22.5. The van der Waals surface area contributed by atoms with Gasteiger partial charge in [0.25, 0.3) is 0 Å². The summed E-state index contributed by atoms with van der Waals surface area (Å²) in [4.78, 5) is 0. The van der Waals surface area contributed by atoms with Gasteiger partial charge in [0, 0.05) is 20.3 Å². The average Bonchev–Trinajstić information content (AvgIpc) is 2.30. The first-order valence-corrected chi connectivity index (χ1v) is 3.34. The highest BCUT2D eigenvalue weighted by atomic mass is 15.9. The predicted molar refractivity (Wildman–Crippen MR) is 39.4 cm³/mol. The van der Waals surface area contributed by atoms with E-state index in [0.717, 1.165) is 5.82 Å². The Morgan fingerprint density at radius 3 is 2.91 bits per heavy atom. The van der Waals surface area contributed by atoms with Crippen molar-refractivity contribution in [2.24, 2.45) is 10.2 Å². The molecule has 0 atom stereocenters. The van der Waals surface area contributed by atoms with Crippen LogP contribution in [-0.4, -0.2) is 29.2 Å². The van der Waals surface area contributed by atoms with Crippen molar-refractivity contribution in [3.05, 3.63) is 24.4 Å². The van der Waals surface area contributed by atoms with E-state index in [1.165, 1.54) is 0 Å². The Balaban J connectivity index is 2.32. The van der Waals surface area contributed by atoms with Crippen LogP contribution in [0.25, 0.3) is 0 Å². The molecule has 0 N–H and O–H groups in total. The van der Waals surface area contributed by atoms with Crippen LogP contribution in [0.5, 0.6) is 0 Å². The van der Waals surface area contributed by atoms with E-state index >= 15 is 0 Å². The molecular weight excluding hydrogens is 142 g/mol. The summed E-state index contributed by atoms with van der Waals surface area (Å²) in [6.07, 6.45) is 5.43. The van der Waals surface area contributed by atoms with Crippen molar-refractivity contribution in [2.45, 2.75) is 0 Å². The van der Waals surface area contributed by atoms with Gasteiger partial charge in [-0.05, 0) is 0 Å². The van der Waals surface area contributed by atoms with Gasteiger partial charge in [-0.25, -0.2) is 5.01 Å². The SMILES string of the molecule is CN1C=C2N=NC=CN2N1C. The van der Waals surface area contributed by atoms with Crippen LogP contribution in [0.4, 0.5) is 0 Å². The lowest BCUT2D eigenvalue weighted by atomic mass is 10.7. The standard InChI is InChI=1S/C6H9N5/c1-9-5-6-8-7-3-4-11(6)10(9)2/h3-5H,1-2H3. The van der Waals surface area contributed by atoms with E-state index in [1.807, 2.05) is 41.6 Å².